The third kappa shape index (κ3) is 5.34. The molecule has 0 aliphatic heterocycles. The summed E-state index contributed by atoms with van der Waals surface area (Å²) in [6.45, 7) is 0. The first-order valence-corrected chi connectivity index (χ1v) is 13.9. The number of nitrogens with zero attached hydrogens (tertiary/aromatic N) is 4. The van der Waals surface area contributed by atoms with Crippen LogP contribution in [-0.2, 0) is 0 Å². The molecular weight excluding hydrogens is 512 g/mol. The van der Waals surface area contributed by atoms with Gasteiger partial charge in [-0.25, -0.2) is 15.0 Å². The maximum absolute atomic E-state index is 5.00. The lowest BCUT2D eigenvalue weighted by Gasteiger charge is -2.13. The van der Waals surface area contributed by atoms with E-state index in [-0.39, 0.29) is 0 Å². The molecule has 0 spiro atoms. The van der Waals surface area contributed by atoms with E-state index < -0.39 is 0 Å². The van der Waals surface area contributed by atoms with Crippen molar-refractivity contribution in [2.24, 2.45) is 0 Å². The van der Waals surface area contributed by atoms with Crippen LogP contribution in [0.2, 0.25) is 0 Å². The van der Waals surface area contributed by atoms with E-state index in [1.807, 2.05) is 91.1 Å². The highest BCUT2D eigenvalue weighted by atomic mass is 15.0. The van der Waals surface area contributed by atoms with Crippen LogP contribution in [0.3, 0.4) is 0 Å². The van der Waals surface area contributed by atoms with Gasteiger partial charge in [0.15, 0.2) is 17.5 Å². The van der Waals surface area contributed by atoms with Crippen LogP contribution >= 0.6 is 0 Å². The molecule has 0 fully saturated rings. The van der Waals surface area contributed by atoms with E-state index in [9.17, 15) is 0 Å². The van der Waals surface area contributed by atoms with Crippen LogP contribution in [0.25, 0.3) is 67.7 Å². The molecule has 5 aromatic carbocycles. The molecule has 0 bridgehead atoms. The molecule has 0 saturated carbocycles. The summed E-state index contributed by atoms with van der Waals surface area (Å²) in [4.78, 5) is 19.4. The molecule has 0 atom stereocenters. The van der Waals surface area contributed by atoms with Crippen molar-refractivity contribution >= 4 is 0 Å². The summed E-state index contributed by atoms with van der Waals surface area (Å²) < 4.78 is 0. The van der Waals surface area contributed by atoms with Gasteiger partial charge < -0.3 is 0 Å². The average molecular weight is 539 g/mol. The van der Waals surface area contributed by atoms with Gasteiger partial charge in [-0.15, -0.1) is 0 Å². The van der Waals surface area contributed by atoms with E-state index in [2.05, 4.69) is 71.7 Å². The zero-order chi connectivity index (χ0) is 28.1. The second-order valence-corrected chi connectivity index (χ2v) is 10.00. The summed E-state index contributed by atoms with van der Waals surface area (Å²) in [7, 11) is 0. The summed E-state index contributed by atoms with van der Waals surface area (Å²) in [6, 6.07) is 51.6. The average Bonchev–Trinajstić information content (AvgIpc) is 3.09. The van der Waals surface area contributed by atoms with Crippen LogP contribution in [0, 0.1) is 0 Å². The van der Waals surface area contributed by atoms with Crippen LogP contribution in [0.1, 0.15) is 0 Å². The van der Waals surface area contributed by atoms with Crippen molar-refractivity contribution in [1.82, 2.24) is 19.9 Å². The van der Waals surface area contributed by atoms with Gasteiger partial charge in [0.2, 0.25) is 0 Å². The molecule has 0 radical (unpaired) electrons. The third-order valence-electron chi connectivity index (χ3n) is 7.15. The molecule has 0 unspecified atom stereocenters. The molecule has 0 saturated heterocycles. The highest BCUT2D eigenvalue weighted by Gasteiger charge is 2.15. The van der Waals surface area contributed by atoms with Crippen LogP contribution in [0.15, 0.2) is 158 Å². The van der Waals surface area contributed by atoms with E-state index in [4.69, 9.17) is 15.0 Å². The van der Waals surface area contributed by atoms with Crippen LogP contribution < -0.4 is 0 Å². The van der Waals surface area contributed by atoms with Crippen molar-refractivity contribution in [3.8, 4) is 67.7 Å². The predicted octanol–water partition coefficient (Wildman–Crippen LogP) is 9.27. The number of aromatic nitrogens is 4. The van der Waals surface area contributed by atoms with Gasteiger partial charge >= 0.3 is 0 Å². The second kappa shape index (κ2) is 11.4. The summed E-state index contributed by atoms with van der Waals surface area (Å²) >= 11 is 0. The summed E-state index contributed by atoms with van der Waals surface area (Å²) in [6.07, 6.45) is 1.82. The smallest absolute Gasteiger partial charge is 0.164 e. The normalized spacial score (nSPS) is 10.9. The highest BCUT2D eigenvalue weighted by molar-refractivity contribution is 5.81. The monoisotopic (exact) mass is 538 g/mol. The summed E-state index contributed by atoms with van der Waals surface area (Å²) in [5.41, 5.74) is 9.21. The van der Waals surface area contributed by atoms with Crippen molar-refractivity contribution < 1.29 is 0 Å². The minimum Gasteiger partial charge on any atom is -0.256 e. The molecule has 7 rings (SSSR count). The molecule has 42 heavy (non-hydrogen) atoms. The number of pyridine rings is 1. The predicted molar refractivity (Wildman–Crippen MR) is 170 cm³/mol. The van der Waals surface area contributed by atoms with Crippen LogP contribution in [0.5, 0.6) is 0 Å². The Morgan fingerprint density at radius 2 is 0.714 bits per heavy atom. The standard InChI is InChI=1S/C38H26N4/c1-4-13-27(14-5-1)32-24-33(30-19-12-20-31(23-30)35-21-10-11-22-39-35)26-34(25-32)38-41-36(28-15-6-2-7-16-28)40-37(42-38)29-17-8-3-9-18-29/h1-26H. The Bertz CT molecular complexity index is 1900. The summed E-state index contributed by atoms with van der Waals surface area (Å²) in [5.74, 6) is 1.91. The van der Waals surface area contributed by atoms with Crippen molar-refractivity contribution in [3.63, 3.8) is 0 Å². The molecule has 198 valence electrons. The largest absolute Gasteiger partial charge is 0.256 e. The maximum atomic E-state index is 5.00. The number of benzene rings is 5. The maximum Gasteiger partial charge on any atom is 0.164 e. The Morgan fingerprint density at radius 1 is 0.286 bits per heavy atom. The molecule has 0 N–H and O–H groups in total. The van der Waals surface area contributed by atoms with E-state index in [0.29, 0.717) is 17.5 Å². The van der Waals surface area contributed by atoms with Gasteiger partial charge in [0, 0.05) is 28.5 Å². The van der Waals surface area contributed by atoms with Crippen LogP contribution in [-0.4, -0.2) is 19.9 Å². The molecule has 0 amide bonds. The fourth-order valence-corrected chi connectivity index (χ4v) is 5.05. The Kier molecular flexibility index (Phi) is 6.85. The van der Waals surface area contributed by atoms with Crippen LogP contribution in [0.4, 0.5) is 0 Å². The van der Waals surface area contributed by atoms with E-state index >= 15 is 0 Å². The quantitative estimate of drug-likeness (QED) is 0.212. The lowest BCUT2D eigenvalue weighted by Crippen LogP contribution is -2.00. The SMILES string of the molecule is c1ccc(-c2cc(-c3cccc(-c4ccccn4)c3)cc(-c3nc(-c4ccccc4)nc(-c4ccccc4)n3)c2)cc1. The lowest BCUT2D eigenvalue weighted by molar-refractivity contribution is 1.07. The van der Waals surface area contributed by atoms with E-state index in [1.165, 1.54) is 0 Å². The molecule has 2 aromatic heterocycles. The topological polar surface area (TPSA) is 51.6 Å². The van der Waals surface area contributed by atoms with Crippen molar-refractivity contribution in [1.29, 1.82) is 0 Å². The molecule has 7 aromatic rings. The Hall–Kier alpha value is -5.74. The second-order valence-electron chi connectivity index (χ2n) is 10.00. The Balaban J connectivity index is 1.43. The minimum absolute atomic E-state index is 0.627. The first-order valence-electron chi connectivity index (χ1n) is 13.9. The molecular formula is C38H26N4. The highest BCUT2D eigenvalue weighted by Crippen LogP contribution is 2.34. The first-order chi connectivity index (χ1) is 20.8. The zero-order valence-corrected chi connectivity index (χ0v) is 22.8. The first kappa shape index (κ1) is 25.2. The molecule has 4 heteroatoms. The van der Waals surface area contributed by atoms with Crippen molar-refractivity contribution in [3.05, 3.63) is 158 Å². The zero-order valence-electron chi connectivity index (χ0n) is 22.8. The lowest BCUT2D eigenvalue weighted by atomic mass is 9.94. The van der Waals surface area contributed by atoms with Gasteiger partial charge in [-0.05, 0) is 58.7 Å². The van der Waals surface area contributed by atoms with Crippen molar-refractivity contribution in [2.75, 3.05) is 0 Å². The van der Waals surface area contributed by atoms with E-state index in [1.54, 1.807) is 0 Å². The number of rotatable bonds is 6. The van der Waals surface area contributed by atoms with Gasteiger partial charge in [-0.3, -0.25) is 4.98 Å². The number of hydrogen-bond acceptors (Lipinski definition) is 4. The van der Waals surface area contributed by atoms with E-state index in [0.717, 1.165) is 50.2 Å². The fraction of sp³-hybridized carbons (Fsp3) is 0. The van der Waals surface area contributed by atoms with Gasteiger partial charge in [-0.2, -0.15) is 0 Å². The fourth-order valence-electron chi connectivity index (χ4n) is 5.05. The van der Waals surface area contributed by atoms with Gasteiger partial charge in [-0.1, -0.05) is 115 Å². The molecule has 0 aliphatic rings. The Labute approximate surface area is 245 Å². The Morgan fingerprint density at radius 3 is 1.29 bits per heavy atom. The minimum atomic E-state index is 0.627. The molecule has 4 nitrogen and oxygen atoms in total. The molecule has 0 aliphatic carbocycles. The third-order valence-corrected chi connectivity index (χ3v) is 7.15. The van der Waals surface area contributed by atoms with Gasteiger partial charge in [0.25, 0.3) is 0 Å². The van der Waals surface area contributed by atoms with Gasteiger partial charge in [0.1, 0.15) is 0 Å². The number of hydrogen-bond donors (Lipinski definition) is 0. The van der Waals surface area contributed by atoms with Gasteiger partial charge in [0.05, 0.1) is 5.69 Å². The van der Waals surface area contributed by atoms with Crippen molar-refractivity contribution in [2.45, 2.75) is 0 Å². The molecule has 2 heterocycles. The summed E-state index contributed by atoms with van der Waals surface area (Å²) in [5, 5.41) is 0.